The molecule has 3 heteroatoms. The summed E-state index contributed by atoms with van der Waals surface area (Å²) >= 11 is 0. The largest absolute Gasteiger partial charge is 0.381 e. The summed E-state index contributed by atoms with van der Waals surface area (Å²) in [5.41, 5.74) is -0.210. The predicted molar refractivity (Wildman–Crippen MR) is 56.7 cm³/mol. The van der Waals surface area contributed by atoms with E-state index in [1.165, 1.54) is 0 Å². The highest BCUT2D eigenvalue weighted by atomic mass is 16.5. The maximum Gasteiger partial charge on any atom is 0.143 e. The van der Waals surface area contributed by atoms with Crippen molar-refractivity contribution < 1.29 is 14.3 Å². The Kier molecular flexibility index (Phi) is 3.12. The van der Waals surface area contributed by atoms with Gasteiger partial charge in [0.2, 0.25) is 0 Å². The fourth-order valence-corrected chi connectivity index (χ4v) is 2.34. The van der Waals surface area contributed by atoms with Gasteiger partial charge in [0, 0.05) is 19.6 Å². The predicted octanol–water partition coefficient (Wildman–Crippen LogP) is 1.94. The smallest absolute Gasteiger partial charge is 0.143 e. The van der Waals surface area contributed by atoms with Gasteiger partial charge in [0.05, 0.1) is 17.6 Å². The third-order valence-electron chi connectivity index (χ3n) is 3.98. The zero-order chi connectivity index (χ0) is 10.9. The van der Waals surface area contributed by atoms with Gasteiger partial charge in [0.15, 0.2) is 0 Å². The Bertz CT molecular complexity index is 245. The number of hydrogen-bond acceptors (Lipinski definition) is 3. The molecule has 2 fully saturated rings. The zero-order valence-electron chi connectivity index (χ0n) is 9.62. The maximum atomic E-state index is 11.5. The Morgan fingerprint density at radius 2 is 2.13 bits per heavy atom. The van der Waals surface area contributed by atoms with Gasteiger partial charge in [0.1, 0.15) is 5.78 Å². The fourth-order valence-electron chi connectivity index (χ4n) is 2.34. The highest BCUT2D eigenvalue weighted by Crippen LogP contribution is 2.43. The van der Waals surface area contributed by atoms with Crippen molar-refractivity contribution in [2.45, 2.75) is 51.7 Å². The van der Waals surface area contributed by atoms with Crippen molar-refractivity contribution >= 4 is 5.78 Å². The molecule has 1 saturated heterocycles. The van der Waals surface area contributed by atoms with Crippen LogP contribution in [0.4, 0.5) is 0 Å². The Balaban J connectivity index is 1.87. The topological polar surface area (TPSA) is 35.5 Å². The van der Waals surface area contributed by atoms with E-state index in [1.54, 1.807) is 0 Å². The van der Waals surface area contributed by atoms with Gasteiger partial charge in [-0.2, -0.15) is 0 Å². The molecule has 2 aliphatic rings. The molecule has 1 heterocycles. The SMILES string of the molecule is CCC1(C)C(=O)CC1OC1CCOCC1. The molecule has 0 radical (unpaired) electrons. The van der Waals surface area contributed by atoms with Crippen LogP contribution in [0.3, 0.4) is 0 Å². The summed E-state index contributed by atoms with van der Waals surface area (Å²) in [5.74, 6) is 0.363. The van der Waals surface area contributed by atoms with Crippen LogP contribution in [0, 0.1) is 5.41 Å². The number of carbonyl (C=O) groups excluding carboxylic acids is 1. The lowest BCUT2D eigenvalue weighted by atomic mass is 9.64. The highest BCUT2D eigenvalue weighted by Gasteiger charge is 2.51. The Labute approximate surface area is 91.1 Å². The van der Waals surface area contributed by atoms with Crippen molar-refractivity contribution in [3.63, 3.8) is 0 Å². The molecule has 0 spiro atoms. The molecule has 1 aliphatic carbocycles. The minimum absolute atomic E-state index is 0.151. The third-order valence-corrected chi connectivity index (χ3v) is 3.98. The van der Waals surface area contributed by atoms with Gasteiger partial charge in [-0.3, -0.25) is 4.79 Å². The average Bonchev–Trinajstić information content (AvgIpc) is 2.29. The molecule has 0 aromatic rings. The molecule has 0 N–H and O–H groups in total. The molecule has 2 unspecified atom stereocenters. The Morgan fingerprint density at radius 3 is 2.67 bits per heavy atom. The zero-order valence-corrected chi connectivity index (χ0v) is 9.62. The quantitative estimate of drug-likeness (QED) is 0.717. The van der Waals surface area contributed by atoms with Crippen molar-refractivity contribution in [3.05, 3.63) is 0 Å². The van der Waals surface area contributed by atoms with Crippen molar-refractivity contribution in [1.82, 2.24) is 0 Å². The van der Waals surface area contributed by atoms with Crippen molar-refractivity contribution in [3.8, 4) is 0 Å². The second kappa shape index (κ2) is 4.22. The lowest BCUT2D eigenvalue weighted by molar-refractivity contribution is -0.175. The number of ether oxygens (including phenoxy) is 2. The summed E-state index contributed by atoms with van der Waals surface area (Å²) in [4.78, 5) is 11.5. The van der Waals surface area contributed by atoms with Crippen molar-refractivity contribution in [2.75, 3.05) is 13.2 Å². The minimum atomic E-state index is -0.210. The van der Waals surface area contributed by atoms with Gasteiger partial charge in [-0.1, -0.05) is 13.8 Å². The first-order valence-electron chi connectivity index (χ1n) is 5.93. The third kappa shape index (κ3) is 1.95. The van der Waals surface area contributed by atoms with E-state index in [1.807, 2.05) is 6.92 Å². The van der Waals surface area contributed by atoms with Crippen LogP contribution in [0.2, 0.25) is 0 Å². The average molecular weight is 212 g/mol. The monoisotopic (exact) mass is 212 g/mol. The van der Waals surface area contributed by atoms with Crippen LogP contribution in [-0.4, -0.2) is 31.2 Å². The van der Waals surface area contributed by atoms with E-state index in [9.17, 15) is 4.79 Å². The molecule has 2 atom stereocenters. The second-order valence-electron chi connectivity index (χ2n) is 4.83. The van der Waals surface area contributed by atoms with Crippen LogP contribution in [0.15, 0.2) is 0 Å². The lowest BCUT2D eigenvalue weighted by Crippen LogP contribution is -2.54. The standard InChI is InChI=1S/C12H20O3/c1-3-12(2)10(13)8-11(12)15-9-4-6-14-7-5-9/h9,11H,3-8H2,1-2H3. The maximum absolute atomic E-state index is 11.5. The van der Waals surface area contributed by atoms with E-state index in [2.05, 4.69) is 6.92 Å². The van der Waals surface area contributed by atoms with E-state index in [0.29, 0.717) is 18.3 Å². The van der Waals surface area contributed by atoms with E-state index >= 15 is 0 Å². The van der Waals surface area contributed by atoms with Crippen LogP contribution < -0.4 is 0 Å². The number of carbonyl (C=O) groups is 1. The summed E-state index contributed by atoms with van der Waals surface area (Å²) in [6, 6.07) is 0. The molecule has 2 rings (SSSR count). The second-order valence-corrected chi connectivity index (χ2v) is 4.83. The molecule has 0 aromatic carbocycles. The van der Waals surface area contributed by atoms with Crippen LogP contribution in [-0.2, 0) is 14.3 Å². The van der Waals surface area contributed by atoms with Gasteiger partial charge in [-0.15, -0.1) is 0 Å². The van der Waals surface area contributed by atoms with Crippen molar-refractivity contribution in [2.24, 2.45) is 5.41 Å². The number of Topliss-reactive ketones (excluding diaryl/α,β-unsaturated/α-hetero) is 1. The number of rotatable bonds is 3. The molecule has 1 aliphatic heterocycles. The molecular weight excluding hydrogens is 192 g/mol. The molecule has 15 heavy (non-hydrogen) atoms. The fraction of sp³-hybridized carbons (Fsp3) is 0.917. The van der Waals surface area contributed by atoms with Gasteiger partial charge >= 0.3 is 0 Å². The van der Waals surface area contributed by atoms with Gasteiger partial charge in [-0.25, -0.2) is 0 Å². The normalized spacial score (nSPS) is 37.7. The summed E-state index contributed by atoms with van der Waals surface area (Å²) in [6.45, 7) is 5.70. The van der Waals surface area contributed by atoms with E-state index in [-0.39, 0.29) is 11.5 Å². The Hall–Kier alpha value is -0.410. The van der Waals surface area contributed by atoms with E-state index in [4.69, 9.17) is 9.47 Å². The molecule has 0 bridgehead atoms. The first kappa shape index (κ1) is 11.1. The summed E-state index contributed by atoms with van der Waals surface area (Å²) in [5, 5.41) is 0. The number of hydrogen-bond donors (Lipinski definition) is 0. The molecule has 3 nitrogen and oxygen atoms in total. The summed E-state index contributed by atoms with van der Waals surface area (Å²) in [7, 11) is 0. The number of ketones is 1. The van der Waals surface area contributed by atoms with Crippen LogP contribution in [0.5, 0.6) is 0 Å². The van der Waals surface area contributed by atoms with Gasteiger partial charge in [0.25, 0.3) is 0 Å². The van der Waals surface area contributed by atoms with E-state index in [0.717, 1.165) is 32.5 Å². The van der Waals surface area contributed by atoms with Gasteiger partial charge in [-0.05, 0) is 19.3 Å². The Morgan fingerprint density at radius 1 is 1.47 bits per heavy atom. The van der Waals surface area contributed by atoms with Crippen LogP contribution >= 0.6 is 0 Å². The molecule has 0 amide bonds. The van der Waals surface area contributed by atoms with Crippen molar-refractivity contribution in [1.29, 1.82) is 0 Å². The van der Waals surface area contributed by atoms with Gasteiger partial charge < -0.3 is 9.47 Å². The molecule has 0 aromatic heterocycles. The summed E-state index contributed by atoms with van der Waals surface area (Å²) in [6.07, 6.45) is 3.91. The molecular formula is C12H20O3. The van der Waals surface area contributed by atoms with Crippen LogP contribution in [0.1, 0.15) is 39.5 Å². The molecule has 1 saturated carbocycles. The first-order chi connectivity index (χ1) is 7.16. The van der Waals surface area contributed by atoms with E-state index < -0.39 is 0 Å². The highest BCUT2D eigenvalue weighted by molar-refractivity contribution is 5.91. The lowest BCUT2D eigenvalue weighted by Gasteiger charge is -2.46. The first-order valence-corrected chi connectivity index (χ1v) is 5.93. The minimum Gasteiger partial charge on any atom is -0.381 e. The summed E-state index contributed by atoms with van der Waals surface area (Å²) < 4.78 is 11.3. The van der Waals surface area contributed by atoms with Crippen LogP contribution in [0.25, 0.3) is 0 Å². The molecule has 86 valence electrons.